The Morgan fingerprint density at radius 3 is 2.75 bits per heavy atom. The quantitative estimate of drug-likeness (QED) is 0.733. The van der Waals surface area contributed by atoms with Gasteiger partial charge in [-0.25, -0.2) is 0 Å². The van der Waals surface area contributed by atoms with Crippen molar-refractivity contribution in [3.05, 3.63) is 60.2 Å². The molecule has 0 saturated carbocycles. The molecule has 2 atom stereocenters. The Balaban J connectivity index is 1.59. The van der Waals surface area contributed by atoms with Crippen LogP contribution in [-0.4, -0.2) is 48.5 Å². The minimum Gasteiger partial charge on any atom is -0.379 e. The Bertz CT molecular complexity index is 942. The molecule has 144 valence electrons. The molecule has 0 radical (unpaired) electrons. The van der Waals surface area contributed by atoms with Gasteiger partial charge < -0.3 is 19.3 Å². The molecule has 1 aromatic heterocycles. The van der Waals surface area contributed by atoms with Gasteiger partial charge in [0.1, 0.15) is 6.10 Å². The van der Waals surface area contributed by atoms with E-state index in [4.69, 9.17) is 14.0 Å². The van der Waals surface area contributed by atoms with Crippen molar-refractivity contribution in [2.45, 2.75) is 18.6 Å². The van der Waals surface area contributed by atoms with Crippen LogP contribution in [0.2, 0.25) is 0 Å². The zero-order chi connectivity index (χ0) is 19.3. The summed E-state index contributed by atoms with van der Waals surface area (Å²) in [5.41, 5.74) is 1.92. The first kappa shape index (κ1) is 18.3. The fourth-order valence-corrected chi connectivity index (χ4v) is 3.26. The average molecular weight is 379 g/mol. The fraction of sp³-hybridized carbons (Fsp3) is 0.286. The number of methoxy groups -OCH3 is 1. The highest BCUT2D eigenvalue weighted by molar-refractivity contribution is 6.00. The molecular weight excluding hydrogens is 358 g/mol. The lowest BCUT2D eigenvalue weighted by molar-refractivity contribution is -0.0479. The van der Waals surface area contributed by atoms with Crippen molar-refractivity contribution >= 4 is 5.91 Å². The summed E-state index contributed by atoms with van der Waals surface area (Å²) in [5.74, 6) is 0.582. The number of aromatic nitrogens is 2. The van der Waals surface area contributed by atoms with Gasteiger partial charge in [-0.05, 0) is 18.6 Å². The number of amides is 1. The molecule has 1 N–H and O–H groups in total. The highest BCUT2D eigenvalue weighted by Gasteiger charge is 2.28. The second-order valence-corrected chi connectivity index (χ2v) is 6.55. The Labute approximate surface area is 162 Å². The van der Waals surface area contributed by atoms with Gasteiger partial charge in [0, 0.05) is 19.3 Å². The first-order valence-corrected chi connectivity index (χ1v) is 9.16. The largest absolute Gasteiger partial charge is 0.379 e. The van der Waals surface area contributed by atoms with Gasteiger partial charge >= 0.3 is 0 Å². The number of hydrogen-bond acceptors (Lipinski definition) is 6. The Hall–Kier alpha value is -3.03. The molecule has 3 aromatic rings. The molecule has 7 heteroatoms. The van der Waals surface area contributed by atoms with E-state index in [1.807, 2.05) is 42.5 Å². The molecule has 0 bridgehead atoms. The van der Waals surface area contributed by atoms with E-state index in [1.165, 1.54) is 0 Å². The maximum Gasteiger partial charge on any atom is 0.259 e. The summed E-state index contributed by atoms with van der Waals surface area (Å²) in [4.78, 5) is 17.4. The van der Waals surface area contributed by atoms with Crippen molar-refractivity contribution in [2.24, 2.45) is 0 Å². The summed E-state index contributed by atoms with van der Waals surface area (Å²) in [6.07, 6.45) is 0.531. The summed E-state index contributed by atoms with van der Waals surface area (Å²) in [6, 6.07) is 16.6. The highest BCUT2D eigenvalue weighted by Crippen LogP contribution is 2.25. The molecule has 0 spiro atoms. The molecule has 2 unspecified atom stereocenters. The smallest absolute Gasteiger partial charge is 0.259 e. The summed E-state index contributed by atoms with van der Waals surface area (Å²) < 4.78 is 16.3. The van der Waals surface area contributed by atoms with E-state index in [9.17, 15) is 4.79 Å². The molecular formula is C21H21N3O4. The van der Waals surface area contributed by atoms with Gasteiger partial charge in [-0.2, -0.15) is 4.98 Å². The molecule has 1 aliphatic rings. The van der Waals surface area contributed by atoms with E-state index in [0.29, 0.717) is 42.5 Å². The standard InChI is InChI=1S/C21H21N3O4/c1-26-18-13-27-12-11-17(18)22-20(25)15-9-5-6-10-16(15)21-23-19(24-28-21)14-7-3-2-4-8-14/h2-10,17-18H,11-13H2,1H3,(H,22,25). The van der Waals surface area contributed by atoms with Crippen molar-refractivity contribution in [1.29, 1.82) is 0 Å². The highest BCUT2D eigenvalue weighted by atomic mass is 16.5. The lowest BCUT2D eigenvalue weighted by Gasteiger charge is -2.31. The molecule has 7 nitrogen and oxygen atoms in total. The summed E-state index contributed by atoms with van der Waals surface area (Å²) >= 11 is 0. The zero-order valence-corrected chi connectivity index (χ0v) is 15.5. The monoisotopic (exact) mass is 379 g/mol. The third-order valence-corrected chi connectivity index (χ3v) is 4.78. The molecule has 1 saturated heterocycles. The van der Waals surface area contributed by atoms with E-state index in [-0.39, 0.29) is 18.1 Å². The predicted octanol–water partition coefficient (Wildman–Crippen LogP) is 2.94. The van der Waals surface area contributed by atoms with Crippen LogP contribution in [0.5, 0.6) is 0 Å². The van der Waals surface area contributed by atoms with Crippen LogP contribution in [0.1, 0.15) is 16.8 Å². The van der Waals surface area contributed by atoms with E-state index in [0.717, 1.165) is 5.56 Å². The summed E-state index contributed by atoms with van der Waals surface area (Å²) in [6.45, 7) is 1.06. The Kier molecular flexibility index (Phi) is 5.45. The Morgan fingerprint density at radius 2 is 1.93 bits per heavy atom. The number of hydrogen-bond donors (Lipinski definition) is 1. The van der Waals surface area contributed by atoms with Crippen molar-refractivity contribution in [3.63, 3.8) is 0 Å². The van der Waals surface area contributed by atoms with Gasteiger partial charge in [0.25, 0.3) is 11.8 Å². The molecule has 2 aromatic carbocycles. The maximum absolute atomic E-state index is 12.9. The molecule has 1 amide bonds. The molecule has 28 heavy (non-hydrogen) atoms. The molecule has 1 aliphatic heterocycles. The van der Waals surface area contributed by atoms with E-state index in [1.54, 1.807) is 19.2 Å². The van der Waals surface area contributed by atoms with Gasteiger partial charge in [-0.3, -0.25) is 4.79 Å². The van der Waals surface area contributed by atoms with E-state index < -0.39 is 0 Å². The van der Waals surface area contributed by atoms with Crippen LogP contribution >= 0.6 is 0 Å². The van der Waals surface area contributed by atoms with E-state index >= 15 is 0 Å². The molecule has 1 fully saturated rings. The normalized spacial score (nSPS) is 19.3. The second kappa shape index (κ2) is 8.33. The second-order valence-electron chi connectivity index (χ2n) is 6.55. The van der Waals surface area contributed by atoms with E-state index in [2.05, 4.69) is 15.5 Å². The average Bonchev–Trinajstić information content (AvgIpc) is 3.25. The van der Waals surface area contributed by atoms with Crippen molar-refractivity contribution in [2.75, 3.05) is 20.3 Å². The van der Waals surface area contributed by atoms with Crippen LogP contribution in [0.4, 0.5) is 0 Å². The van der Waals surface area contributed by atoms with Crippen molar-refractivity contribution in [3.8, 4) is 22.8 Å². The predicted molar refractivity (Wildman–Crippen MR) is 103 cm³/mol. The number of nitrogens with one attached hydrogen (secondary N) is 1. The topological polar surface area (TPSA) is 86.5 Å². The number of benzene rings is 2. The van der Waals surface area contributed by atoms with Crippen LogP contribution in [0.15, 0.2) is 59.1 Å². The SMILES string of the molecule is COC1COCCC1NC(=O)c1ccccc1-c1nc(-c2ccccc2)no1. The van der Waals surface area contributed by atoms with Crippen molar-refractivity contribution in [1.82, 2.24) is 15.5 Å². The molecule has 0 aliphatic carbocycles. The van der Waals surface area contributed by atoms with Gasteiger partial charge in [0.05, 0.1) is 23.8 Å². The van der Waals surface area contributed by atoms with Gasteiger partial charge in [-0.15, -0.1) is 0 Å². The van der Waals surface area contributed by atoms with Crippen LogP contribution in [-0.2, 0) is 9.47 Å². The lowest BCUT2D eigenvalue weighted by atomic mass is 10.0. The summed E-state index contributed by atoms with van der Waals surface area (Å²) in [7, 11) is 1.62. The number of carbonyl (C=O) groups is 1. The minimum absolute atomic E-state index is 0.109. The third kappa shape index (κ3) is 3.81. The van der Waals surface area contributed by atoms with Crippen molar-refractivity contribution < 1.29 is 18.8 Å². The van der Waals surface area contributed by atoms with Gasteiger partial charge in [0.2, 0.25) is 5.82 Å². The first-order chi connectivity index (χ1) is 13.8. The first-order valence-electron chi connectivity index (χ1n) is 9.16. The third-order valence-electron chi connectivity index (χ3n) is 4.78. The Morgan fingerprint density at radius 1 is 1.14 bits per heavy atom. The maximum atomic E-state index is 12.9. The number of rotatable bonds is 5. The zero-order valence-electron chi connectivity index (χ0n) is 15.5. The number of nitrogens with zero attached hydrogens (tertiary/aromatic N) is 2. The lowest BCUT2D eigenvalue weighted by Crippen LogP contribution is -2.49. The van der Waals surface area contributed by atoms with Crippen LogP contribution in [0.25, 0.3) is 22.8 Å². The molecule has 4 rings (SSSR count). The summed E-state index contributed by atoms with van der Waals surface area (Å²) in [5, 5.41) is 7.10. The number of ether oxygens (including phenoxy) is 2. The minimum atomic E-state index is -0.205. The fourth-order valence-electron chi connectivity index (χ4n) is 3.26. The van der Waals surface area contributed by atoms with Gasteiger partial charge in [-0.1, -0.05) is 47.6 Å². The van der Waals surface area contributed by atoms with Crippen LogP contribution in [0, 0.1) is 0 Å². The van der Waals surface area contributed by atoms with Crippen LogP contribution < -0.4 is 5.32 Å². The van der Waals surface area contributed by atoms with Crippen LogP contribution in [0.3, 0.4) is 0 Å². The van der Waals surface area contributed by atoms with Gasteiger partial charge in [0.15, 0.2) is 0 Å². The molecule has 2 heterocycles. The number of carbonyl (C=O) groups excluding carboxylic acids is 1.